The molecule has 0 spiro atoms. The Kier molecular flexibility index (Phi) is 4.08. The molecular formula is C15H22N2. The summed E-state index contributed by atoms with van der Waals surface area (Å²) >= 11 is 0. The highest BCUT2D eigenvalue weighted by Crippen LogP contribution is 2.22. The largest absolute Gasteiger partial charge is 0.379 e. The van der Waals surface area contributed by atoms with Gasteiger partial charge in [-0.25, -0.2) is 0 Å². The summed E-state index contributed by atoms with van der Waals surface area (Å²) in [5.74, 6) is 0. The summed E-state index contributed by atoms with van der Waals surface area (Å²) in [5.41, 5.74) is 2.51. The Morgan fingerprint density at radius 1 is 1.18 bits per heavy atom. The molecule has 0 amide bonds. The predicted molar refractivity (Wildman–Crippen MR) is 75.8 cm³/mol. The fourth-order valence-corrected chi connectivity index (χ4v) is 2.24. The molecule has 1 N–H and O–H groups in total. The van der Waals surface area contributed by atoms with Gasteiger partial charge in [-0.2, -0.15) is 0 Å². The molecule has 2 nitrogen and oxygen atoms in total. The molecule has 0 saturated carbocycles. The molecule has 1 aliphatic rings. The van der Waals surface area contributed by atoms with Gasteiger partial charge < -0.3 is 10.2 Å². The first kappa shape index (κ1) is 12.0. The molecule has 1 saturated heterocycles. The van der Waals surface area contributed by atoms with E-state index in [1.165, 1.54) is 38.0 Å². The summed E-state index contributed by atoms with van der Waals surface area (Å²) < 4.78 is 0. The number of nitrogens with zero attached hydrogens (tertiary/aromatic N) is 1. The molecule has 1 aliphatic heterocycles. The summed E-state index contributed by atoms with van der Waals surface area (Å²) in [5, 5.41) is 3.39. The highest BCUT2D eigenvalue weighted by Gasteiger charge is 2.10. The number of hydrogen-bond donors (Lipinski definition) is 1. The Balaban J connectivity index is 1.99. The van der Waals surface area contributed by atoms with Gasteiger partial charge in [0, 0.05) is 30.5 Å². The zero-order chi connectivity index (χ0) is 12.1. The van der Waals surface area contributed by atoms with Crippen LogP contribution in [0.4, 0.5) is 11.4 Å². The third-order valence-electron chi connectivity index (χ3n) is 3.34. The molecular weight excluding hydrogens is 208 g/mol. The molecule has 1 aromatic carbocycles. The minimum Gasteiger partial charge on any atom is -0.379 e. The van der Waals surface area contributed by atoms with Crippen molar-refractivity contribution >= 4 is 11.4 Å². The van der Waals surface area contributed by atoms with E-state index in [4.69, 9.17) is 0 Å². The Morgan fingerprint density at radius 3 is 2.41 bits per heavy atom. The van der Waals surface area contributed by atoms with Crippen molar-refractivity contribution in [1.82, 2.24) is 0 Å². The van der Waals surface area contributed by atoms with E-state index in [1.807, 2.05) is 6.08 Å². The number of anilines is 2. The zero-order valence-electron chi connectivity index (χ0n) is 10.7. The SMILES string of the molecule is C=CC(C)Nc1ccc(N2CCCCC2)cc1. The average molecular weight is 230 g/mol. The molecule has 0 bridgehead atoms. The van der Waals surface area contributed by atoms with Gasteiger partial charge in [0.15, 0.2) is 0 Å². The quantitative estimate of drug-likeness (QED) is 0.794. The van der Waals surface area contributed by atoms with E-state index in [1.54, 1.807) is 0 Å². The van der Waals surface area contributed by atoms with Crippen LogP contribution in [-0.4, -0.2) is 19.1 Å². The van der Waals surface area contributed by atoms with Crippen LogP contribution >= 0.6 is 0 Å². The second-order valence-corrected chi connectivity index (χ2v) is 4.76. The molecule has 1 unspecified atom stereocenters. The van der Waals surface area contributed by atoms with Gasteiger partial charge in [0.25, 0.3) is 0 Å². The van der Waals surface area contributed by atoms with Gasteiger partial charge in [-0.1, -0.05) is 6.08 Å². The van der Waals surface area contributed by atoms with Gasteiger partial charge in [-0.3, -0.25) is 0 Å². The van der Waals surface area contributed by atoms with Crippen molar-refractivity contribution in [1.29, 1.82) is 0 Å². The lowest BCUT2D eigenvalue weighted by Gasteiger charge is -2.29. The average Bonchev–Trinajstić information content (AvgIpc) is 2.40. The van der Waals surface area contributed by atoms with Gasteiger partial charge >= 0.3 is 0 Å². The molecule has 0 radical (unpaired) electrons. The fraction of sp³-hybridized carbons (Fsp3) is 0.467. The van der Waals surface area contributed by atoms with Crippen LogP contribution in [0.25, 0.3) is 0 Å². The molecule has 1 heterocycles. The molecule has 92 valence electrons. The normalized spacial score (nSPS) is 17.6. The Labute approximate surface area is 104 Å². The molecule has 1 atom stereocenters. The van der Waals surface area contributed by atoms with E-state index in [2.05, 4.69) is 48.0 Å². The van der Waals surface area contributed by atoms with Gasteiger partial charge in [0.05, 0.1) is 0 Å². The molecule has 1 fully saturated rings. The summed E-state index contributed by atoms with van der Waals surface area (Å²) in [6.07, 6.45) is 5.95. The maximum absolute atomic E-state index is 3.78. The van der Waals surface area contributed by atoms with Crippen molar-refractivity contribution in [3.05, 3.63) is 36.9 Å². The third-order valence-corrected chi connectivity index (χ3v) is 3.34. The predicted octanol–water partition coefficient (Wildman–Crippen LogP) is 3.66. The maximum Gasteiger partial charge on any atom is 0.0413 e. The molecule has 2 heteroatoms. The lowest BCUT2D eigenvalue weighted by Crippen LogP contribution is -2.29. The van der Waals surface area contributed by atoms with E-state index >= 15 is 0 Å². The van der Waals surface area contributed by atoms with E-state index in [0.29, 0.717) is 6.04 Å². The van der Waals surface area contributed by atoms with Crippen LogP contribution in [0.3, 0.4) is 0 Å². The van der Waals surface area contributed by atoms with Crippen LogP contribution in [0.2, 0.25) is 0 Å². The van der Waals surface area contributed by atoms with Crippen LogP contribution in [0.5, 0.6) is 0 Å². The number of benzene rings is 1. The smallest absolute Gasteiger partial charge is 0.0413 e. The summed E-state index contributed by atoms with van der Waals surface area (Å²) in [7, 11) is 0. The van der Waals surface area contributed by atoms with Crippen LogP contribution < -0.4 is 10.2 Å². The molecule has 0 aromatic heterocycles. The Morgan fingerprint density at radius 2 is 1.82 bits per heavy atom. The topological polar surface area (TPSA) is 15.3 Å². The van der Waals surface area contributed by atoms with Crippen molar-refractivity contribution in [2.45, 2.75) is 32.2 Å². The van der Waals surface area contributed by atoms with Crippen LogP contribution in [0, 0.1) is 0 Å². The van der Waals surface area contributed by atoms with Gasteiger partial charge in [-0.05, 0) is 50.5 Å². The first-order valence-electron chi connectivity index (χ1n) is 6.54. The van der Waals surface area contributed by atoms with Crippen molar-refractivity contribution in [3.63, 3.8) is 0 Å². The lowest BCUT2D eigenvalue weighted by atomic mass is 10.1. The van der Waals surface area contributed by atoms with Crippen LogP contribution in [0.1, 0.15) is 26.2 Å². The minimum atomic E-state index is 0.316. The Bertz CT molecular complexity index is 350. The lowest BCUT2D eigenvalue weighted by molar-refractivity contribution is 0.578. The zero-order valence-corrected chi connectivity index (χ0v) is 10.7. The standard InChI is InChI=1S/C15H22N2/c1-3-13(2)16-14-7-9-15(10-8-14)17-11-5-4-6-12-17/h3,7-10,13,16H,1,4-6,11-12H2,2H3. The summed E-state index contributed by atoms with van der Waals surface area (Å²) in [6, 6.07) is 9.05. The van der Waals surface area contributed by atoms with Crippen molar-refractivity contribution < 1.29 is 0 Å². The van der Waals surface area contributed by atoms with Crippen molar-refractivity contribution in [2.75, 3.05) is 23.3 Å². The third kappa shape index (κ3) is 3.26. The molecule has 1 aromatic rings. The first-order chi connectivity index (χ1) is 8.29. The molecule has 0 aliphatic carbocycles. The molecule has 2 rings (SSSR count). The van der Waals surface area contributed by atoms with Gasteiger partial charge in [0.1, 0.15) is 0 Å². The Hall–Kier alpha value is -1.44. The monoisotopic (exact) mass is 230 g/mol. The second-order valence-electron chi connectivity index (χ2n) is 4.76. The van der Waals surface area contributed by atoms with Gasteiger partial charge in [-0.15, -0.1) is 6.58 Å². The molecule has 17 heavy (non-hydrogen) atoms. The van der Waals surface area contributed by atoms with Crippen LogP contribution in [0.15, 0.2) is 36.9 Å². The maximum atomic E-state index is 3.78. The van der Waals surface area contributed by atoms with Gasteiger partial charge in [0.2, 0.25) is 0 Å². The second kappa shape index (κ2) is 5.76. The van der Waals surface area contributed by atoms with E-state index in [9.17, 15) is 0 Å². The van der Waals surface area contributed by atoms with Crippen molar-refractivity contribution in [2.24, 2.45) is 0 Å². The number of piperidine rings is 1. The first-order valence-corrected chi connectivity index (χ1v) is 6.54. The number of hydrogen-bond acceptors (Lipinski definition) is 2. The summed E-state index contributed by atoms with van der Waals surface area (Å²) in [4.78, 5) is 2.48. The van der Waals surface area contributed by atoms with Crippen LogP contribution in [-0.2, 0) is 0 Å². The van der Waals surface area contributed by atoms with E-state index < -0.39 is 0 Å². The van der Waals surface area contributed by atoms with E-state index in [-0.39, 0.29) is 0 Å². The highest BCUT2D eigenvalue weighted by molar-refractivity contribution is 5.55. The number of nitrogens with one attached hydrogen (secondary N) is 1. The fourth-order valence-electron chi connectivity index (χ4n) is 2.24. The minimum absolute atomic E-state index is 0.316. The van der Waals surface area contributed by atoms with E-state index in [0.717, 1.165) is 5.69 Å². The summed E-state index contributed by atoms with van der Waals surface area (Å²) in [6.45, 7) is 8.29. The number of rotatable bonds is 4. The highest BCUT2D eigenvalue weighted by atomic mass is 15.1. The van der Waals surface area contributed by atoms with Crippen molar-refractivity contribution in [3.8, 4) is 0 Å².